The van der Waals surface area contributed by atoms with Crippen LogP contribution in [0.4, 0.5) is 0 Å². The maximum absolute atomic E-state index is 5.00. The minimum absolute atomic E-state index is 0. The standard InChI is InChI=1S/C2H5Cl.B/c1-2-3;/h2H2,1H3;. The van der Waals surface area contributed by atoms with Gasteiger partial charge in [0.1, 0.15) is 0 Å². The molecule has 0 rings (SSSR count). The molecular weight excluding hydrogens is 70.3 g/mol. The number of halogens is 1. The molecular formula is C2H5BCl. The molecule has 0 saturated carbocycles. The van der Waals surface area contributed by atoms with E-state index in [0.29, 0.717) is 0 Å². The third kappa shape index (κ3) is 34.3. The number of hydrogen-bond acceptors (Lipinski definition) is 0. The Hall–Kier alpha value is 0.355. The Morgan fingerprint density at radius 1 is 1.75 bits per heavy atom. The fraction of sp³-hybridized carbons (Fsp3) is 1.00. The molecule has 0 aliphatic carbocycles. The molecule has 0 aromatic carbocycles. The summed E-state index contributed by atoms with van der Waals surface area (Å²) in [6.45, 7) is 1.89. The third-order valence-electron chi connectivity index (χ3n) is 0. The van der Waals surface area contributed by atoms with E-state index >= 15 is 0 Å². The van der Waals surface area contributed by atoms with Crippen LogP contribution in [0.25, 0.3) is 0 Å². The van der Waals surface area contributed by atoms with Crippen LogP contribution in [0.3, 0.4) is 0 Å². The van der Waals surface area contributed by atoms with Crippen molar-refractivity contribution in [1.82, 2.24) is 0 Å². The molecule has 0 amide bonds. The molecule has 0 aliphatic heterocycles. The van der Waals surface area contributed by atoms with Crippen LogP contribution >= 0.6 is 11.6 Å². The Morgan fingerprint density at radius 2 is 1.75 bits per heavy atom. The zero-order valence-electron chi connectivity index (χ0n) is 2.66. The normalized spacial score (nSPS) is 4.50. The van der Waals surface area contributed by atoms with E-state index in [9.17, 15) is 0 Å². The van der Waals surface area contributed by atoms with Crippen LogP contribution in [0.5, 0.6) is 0 Å². The van der Waals surface area contributed by atoms with Gasteiger partial charge in [-0.2, -0.15) is 0 Å². The van der Waals surface area contributed by atoms with Crippen LogP contribution in [0.15, 0.2) is 0 Å². The lowest BCUT2D eigenvalue weighted by atomic mass is 10.8. The molecule has 2 heteroatoms. The highest BCUT2D eigenvalue weighted by Crippen LogP contribution is 1.59. The van der Waals surface area contributed by atoms with E-state index in [1.165, 1.54) is 0 Å². The molecule has 0 aliphatic rings. The predicted molar refractivity (Wildman–Crippen MR) is 22.1 cm³/mol. The average Bonchev–Trinajstić information content (AvgIpc) is 0.918. The highest BCUT2D eigenvalue weighted by Gasteiger charge is 1.38. The lowest BCUT2D eigenvalue weighted by molar-refractivity contribution is 1.51. The van der Waals surface area contributed by atoms with Crippen LogP contribution in [-0.4, -0.2) is 14.3 Å². The van der Waals surface area contributed by atoms with Gasteiger partial charge in [0.05, 0.1) is 0 Å². The number of alkyl halides is 1. The summed E-state index contributed by atoms with van der Waals surface area (Å²) in [5.41, 5.74) is 0. The van der Waals surface area contributed by atoms with Crippen LogP contribution in [0.1, 0.15) is 6.92 Å². The summed E-state index contributed by atoms with van der Waals surface area (Å²) >= 11 is 5.00. The van der Waals surface area contributed by atoms with Gasteiger partial charge in [0.15, 0.2) is 0 Å². The van der Waals surface area contributed by atoms with Crippen LogP contribution in [0, 0.1) is 0 Å². The summed E-state index contributed by atoms with van der Waals surface area (Å²) in [5, 5.41) is 0. The van der Waals surface area contributed by atoms with E-state index in [-0.39, 0.29) is 8.41 Å². The Morgan fingerprint density at radius 3 is 1.75 bits per heavy atom. The van der Waals surface area contributed by atoms with Crippen LogP contribution in [-0.2, 0) is 0 Å². The van der Waals surface area contributed by atoms with E-state index in [4.69, 9.17) is 11.6 Å². The first-order valence-corrected chi connectivity index (χ1v) is 1.51. The van der Waals surface area contributed by atoms with Gasteiger partial charge in [-0.15, -0.1) is 11.6 Å². The molecule has 0 bridgehead atoms. The third-order valence-corrected chi connectivity index (χ3v) is 0. The fourth-order valence-electron chi connectivity index (χ4n) is 0. The summed E-state index contributed by atoms with van der Waals surface area (Å²) in [6.07, 6.45) is 0. The summed E-state index contributed by atoms with van der Waals surface area (Å²) < 4.78 is 0. The molecule has 4 heavy (non-hydrogen) atoms. The van der Waals surface area contributed by atoms with Gasteiger partial charge in [-0.25, -0.2) is 0 Å². The van der Waals surface area contributed by atoms with Crippen molar-refractivity contribution in [2.45, 2.75) is 6.92 Å². The topological polar surface area (TPSA) is 0 Å². The van der Waals surface area contributed by atoms with Crippen molar-refractivity contribution in [2.75, 3.05) is 5.88 Å². The quantitative estimate of drug-likeness (QED) is 0.296. The fourth-order valence-corrected chi connectivity index (χ4v) is 0. The maximum atomic E-state index is 5.00. The maximum Gasteiger partial charge on any atom is 0.0195 e. The number of rotatable bonds is 0. The first-order chi connectivity index (χ1) is 1.41. The first kappa shape index (κ1) is 8.84. The van der Waals surface area contributed by atoms with E-state index in [1.54, 1.807) is 0 Å². The van der Waals surface area contributed by atoms with Crippen molar-refractivity contribution in [3.63, 3.8) is 0 Å². The zero-order chi connectivity index (χ0) is 2.71. The van der Waals surface area contributed by atoms with Gasteiger partial charge >= 0.3 is 0 Å². The second-order valence-corrected chi connectivity index (χ2v) is 0.802. The van der Waals surface area contributed by atoms with Crippen LogP contribution in [0.2, 0.25) is 0 Å². The lowest BCUT2D eigenvalue weighted by Crippen LogP contribution is -1.36. The van der Waals surface area contributed by atoms with E-state index in [1.807, 2.05) is 6.92 Å². The van der Waals surface area contributed by atoms with Gasteiger partial charge in [0.2, 0.25) is 0 Å². The molecule has 0 N–H and O–H groups in total. The molecule has 0 aromatic heterocycles. The molecule has 0 fully saturated rings. The van der Waals surface area contributed by atoms with Gasteiger partial charge in [-0.1, -0.05) is 6.92 Å². The van der Waals surface area contributed by atoms with Crippen LogP contribution < -0.4 is 0 Å². The Bertz CT molecular complexity index is 6.00. The smallest absolute Gasteiger partial charge is 0.0195 e. The molecule has 0 saturated heterocycles. The van der Waals surface area contributed by atoms with Gasteiger partial charge in [-0.05, 0) is 0 Å². The summed E-state index contributed by atoms with van der Waals surface area (Å²) in [6, 6.07) is 0. The summed E-state index contributed by atoms with van der Waals surface area (Å²) in [4.78, 5) is 0. The van der Waals surface area contributed by atoms with E-state index in [2.05, 4.69) is 0 Å². The molecule has 3 radical (unpaired) electrons. The van der Waals surface area contributed by atoms with Crippen molar-refractivity contribution in [2.24, 2.45) is 0 Å². The molecule has 0 heterocycles. The van der Waals surface area contributed by atoms with E-state index in [0.717, 1.165) is 5.88 Å². The van der Waals surface area contributed by atoms with E-state index < -0.39 is 0 Å². The summed E-state index contributed by atoms with van der Waals surface area (Å²) in [7, 11) is 0. The minimum Gasteiger partial charge on any atom is -0.127 e. The van der Waals surface area contributed by atoms with Crippen molar-refractivity contribution in [3.8, 4) is 0 Å². The van der Waals surface area contributed by atoms with Gasteiger partial charge < -0.3 is 0 Å². The molecule has 0 spiro atoms. The Balaban J connectivity index is 0. The van der Waals surface area contributed by atoms with Gasteiger partial charge in [0, 0.05) is 14.3 Å². The summed E-state index contributed by atoms with van der Waals surface area (Å²) in [5.74, 6) is 0.722. The van der Waals surface area contributed by atoms with Crippen molar-refractivity contribution in [1.29, 1.82) is 0 Å². The molecule has 0 aromatic rings. The van der Waals surface area contributed by atoms with Gasteiger partial charge in [0.25, 0.3) is 0 Å². The zero-order valence-corrected chi connectivity index (χ0v) is 3.42. The van der Waals surface area contributed by atoms with Gasteiger partial charge in [-0.3, -0.25) is 0 Å². The lowest BCUT2D eigenvalue weighted by Gasteiger charge is -1.45. The molecule has 0 atom stereocenters. The Kier molecular flexibility index (Phi) is 22.4. The molecule has 0 unspecified atom stereocenters. The van der Waals surface area contributed by atoms with Crippen molar-refractivity contribution >= 4 is 20.0 Å². The SMILES string of the molecule is CCCl.[B]. The number of hydrogen-bond donors (Lipinski definition) is 0. The monoisotopic (exact) mass is 75.0 g/mol. The Labute approximate surface area is 33.7 Å². The second kappa shape index (κ2) is 10.1. The average molecular weight is 75.3 g/mol. The highest BCUT2D eigenvalue weighted by molar-refractivity contribution is 6.17. The molecule has 23 valence electrons. The largest absolute Gasteiger partial charge is 0.127 e. The second-order valence-electron chi connectivity index (χ2n) is 0.267. The molecule has 0 nitrogen and oxygen atoms in total. The predicted octanol–water partition coefficient (Wildman–Crippen LogP) is 0.864. The van der Waals surface area contributed by atoms with Crippen molar-refractivity contribution in [3.05, 3.63) is 0 Å². The minimum atomic E-state index is 0. The highest BCUT2D eigenvalue weighted by atomic mass is 35.5. The first-order valence-electron chi connectivity index (χ1n) is 0.974. The van der Waals surface area contributed by atoms with Crippen molar-refractivity contribution < 1.29 is 0 Å².